The summed E-state index contributed by atoms with van der Waals surface area (Å²) in [5, 5.41) is 8.31. The van der Waals surface area contributed by atoms with Crippen molar-refractivity contribution in [3.8, 4) is 0 Å². The van der Waals surface area contributed by atoms with Gasteiger partial charge in [0.15, 0.2) is 0 Å². The molecule has 2 aliphatic rings. The molecule has 1 fully saturated rings. The van der Waals surface area contributed by atoms with Gasteiger partial charge in [0.25, 0.3) is 0 Å². The highest BCUT2D eigenvalue weighted by atomic mass is 35.5. The average Bonchev–Trinajstić information content (AvgIpc) is 2.87. The second-order valence-electron chi connectivity index (χ2n) is 11.4. The van der Waals surface area contributed by atoms with E-state index in [9.17, 15) is 31.2 Å². The highest BCUT2D eigenvalue weighted by Crippen LogP contribution is 2.37. The van der Waals surface area contributed by atoms with Crippen molar-refractivity contribution in [1.82, 2.24) is 20.3 Å². The molecule has 1 aliphatic carbocycles. The number of amides is 2. The van der Waals surface area contributed by atoms with Crippen molar-refractivity contribution in [2.45, 2.75) is 81.7 Å². The monoisotopic (exact) mass is 614 g/mol. The zero-order valence-electron chi connectivity index (χ0n) is 23.1. The van der Waals surface area contributed by atoms with Crippen molar-refractivity contribution < 1.29 is 31.2 Å². The fourth-order valence-corrected chi connectivity index (χ4v) is 6.96. The molecule has 3 N–H and O–H groups in total. The Morgan fingerprint density at radius 1 is 1.15 bits per heavy atom. The molecule has 2 amide bonds. The Bertz CT molecular complexity index is 1430. The van der Waals surface area contributed by atoms with E-state index in [0.717, 1.165) is 46.0 Å². The third-order valence-corrected chi connectivity index (χ3v) is 9.42. The van der Waals surface area contributed by atoms with Gasteiger partial charge in [-0.15, -0.1) is 0 Å². The number of hydrogen-bond acceptors (Lipinski definition) is 5. The second kappa shape index (κ2) is 11.9. The molecular formula is C28H34ClF3N4O4S. The van der Waals surface area contributed by atoms with Crippen LogP contribution in [0.5, 0.6) is 0 Å². The normalized spacial score (nSPS) is 20.3. The zero-order valence-corrected chi connectivity index (χ0v) is 24.6. The van der Waals surface area contributed by atoms with Crippen LogP contribution in [0.1, 0.15) is 68.3 Å². The molecule has 0 radical (unpaired) electrons. The van der Waals surface area contributed by atoms with Crippen LogP contribution in [-0.2, 0) is 38.8 Å². The number of nitrogens with zero attached hydrogens (tertiary/aromatic N) is 1. The number of fused-ring (bicyclic) bond motifs is 1. The number of aryl methyl sites for hydroxylation is 1. The predicted molar refractivity (Wildman–Crippen MR) is 149 cm³/mol. The van der Waals surface area contributed by atoms with Gasteiger partial charge < -0.3 is 16.0 Å². The van der Waals surface area contributed by atoms with E-state index in [2.05, 4.69) is 42.8 Å². The highest BCUT2D eigenvalue weighted by Gasteiger charge is 2.41. The molecule has 0 aromatic heterocycles. The molecule has 1 heterocycles. The molecule has 2 atom stereocenters. The van der Waals surface area contributed by atoms with Crippen LogP contribution < -0.4 is 16.0 Å². The number of alkyl halides is 3. The molecule has 41 heavy (non-hydrogen) atoms. The summed E-state index contributed by atoms with van der Waals surface area (Å²) in [7, 11) is -4.56. The SMILES string of the molecule is CC(C)(C)NCc1ccc2c(c1)CCC[C@H]2NC(=O)C[C@@H]1C(=O)NCCN1S(=O)(=O)c1ccc(Cl)c(C(F)(F)F)c1. The summed E-state index contributed by atoms with van der Waals surface area (Å²) in [4.78, 5) is 25.3. The van der Waals surface area contributed by atoms with Crippen LogP contribution >= 0.6 is 11.6 Å². The van der Waals surface area contributed by atoms with E-state index in [1.807, 2.05) is 12.1 Å². The Morgan fingerprint density at radius 3 is 2.56 bits per heavy atom. The van der Waals surface area contributed by atoms with Crippen LogP contribution in [0.2, 0.25) is 5.02 Å². The van der Waals surface area contributed by atoms with E-state index in [1.54, 1.807) is 0 Å². The average molecular weight is 615 g/mol. The van der Waals surface area contributed by atoms with Crippen molar-refractivity contribution in [2.24, 2.45) is 0 Å². The fourth-order valence-electron chi connectivity index (χ4n) is 5.12. The molecule has 0 saturated carbocycles. The largest absolute Gasteiger partial charge is 0.417 e. The number of benzene rings is 2. The minimum atomic E-state index is -4.87. The van der Waals surface area contributed by atoms with E-state index < -0.39 is 56.0 Å². The Hall–Kier alpha value is -2.67. The lowest BCUT2D eigenvalue weighted by Crippen LogP contribution is -2.58. The molecule has 4 rings (SSSR count). The molecular weight excluding hydrogens is 581 g/mol. The number of sulfonamides is 1. The van der Waals surface area contributed by atoms with Gasteiger partial charge in [-0.05, 0) is 74.9 Å². The summed E-state index contributed by atoms with van der Waals surface area (Å²) in [5.74, 6) is -1.23. The minimum absolute atomic E-state index is 0.0344. The van der Waals surface area contributed by atoms with Crippen LogP contribution in [0.4, 0.5) is 13.2 Å². The number of carbonyl (C=O) groups excluding carboxylic acids is 2. The first-order valence-corrected chi connectivity index (χ1v) is 15.2. The molecule has 224 valence electrons. The fraction of sp³-hybridized carbons (Fsp3) is 0.500. The summed E-state index contributed by atoms with van der Waals surface area (Å²) >= 11 is 5.66. The topological polar surface area (TPSA) is 108 Å². The molecule has 1 aliphatic heterocycles. The summed E-state index contributed by atoms with van der Waals surface area (Å²) in [6.07, 6.45) is -2.96. The number of rotatable bonds is 7. The van der Waals surface area contributed by atoms with Gasteiger partial charge in [-0.1, -0.05) is 29.8 Å². The Balaban J connectivity index is 1.51. The van der Waals surface area contributed by atoms with Gasteiger partial charge in [-0.25, -0.2) is 8.42 Å². The van der Waals surface area contributed by atoms with Gasteiger partial charge >= 0.3 is 6.18 Å². The quantitative estimate of drug-likeness (QED) is 0.431. The maximum atomic E-state index is 13.4. The predicted octanol–water partition coefficient (Wildman–Crippen LogP) is 4.32. The van der Waals surface area contributed by atoms with Crippen molar-refractivity contribution >= 4 is 33.4 Å². The molecule has 2 aromatic carbocycles. The molecule has 13 heteroatoms. The summed E-state index contributed by atoms with van der Waals surface area (Å²) < 4.78 is 67.8. The first-order chi connectivity index (χ1) is 19.1. The Labute approximate surface area is 243 Å². The van der Waals surface area contributed by atoms with Gasteiger partial charge in [0, 0.05) is 25.2 Å². The number of nitrogens with one attached hydrogen (secondary N) is 3. The van der Waals surface area contributed by atoms with Gasteiger partial charge in [0.2, 0.25) is 21.8 Å². The number of halogens is 4. The van der Waals surface area contributed by atoms with E-state index in [1.165, 1.54) is 0 Å². The van der Waals surface area contributed by atoms with Crippen LogP contribution in [0.3, 0.4) is 0 Å². The summed E-state index contributed by atoms with van der Waals surface area (Å²) in [6.45, 7) is 6.72. The first kappa shape index (κ1) is 31.3. The third kappa shape index (κ3) is 7.40. The van der Waals surface area contributed by atoms with Gasteiger partial charge in [0.05, 0.1) is 27.9 Å². The van der Waals surface area contributed by atoms with Gasteiger partial charge in [-0.3, -0.25) is 9.59 Å². The third-order valence-electron chi connectivity index (χ3n) is 7.19. The summed E-state index contributed by atoms with van der Waals surface area (Å²) in [6, 6.07) is 6.65. The van der Waals surface area contributed by atoms with E-state index in [-0.39, 0.29) is 24.7 Å². The van der Waals surface area contributed by atoms with Crippen LogP contribution in [0.15, 0.2) is 41.3 Å². The molecule has 8 nitrogen and oxygen atoms in total. The molecule has 0 unspecified atom stereocenters. The highest BCUT2D eigenvalue weighted by molar-refractivity contribution is 7.89. The lowest BCUT2D eigenvalue weighted by atomic mass is 9.86. The standard InChI is InChI=1S/C28H34ClF3N4O4S/c1-27(2,3)34-16-17-7-9-20-18(13-17)5-4-6-23(20)35-25(37)15-24-26(38)33-11-12-36(24)41(39,40)19-8-10-22(29)21(14-19)28(30,31)32/h7-10,13-14,23-24,34H,4-6,11-12,15-16H2,1-3H3,(H,33,38)(H,35,37)/t23-,24-/m1/s1. The molecule has 0 bridgehead atoms. The number of carbonyl (C=O) groups is 2. The lowest BCUT2D eigenvalue weighted by molar-refractivity contribution is -0.137. The van der Waals surface area contributed by atoms with E-state index >= 15 is 0 Å². The molecule has 2 aromatic rings. The first-order valence-electron chi connectivity index (χ1n) is 13.4. The maximum absolute atomic E-state index is 13.4. The lowest BCUT2D eigenvalue weighted by Gasteiger charge is -2.34. The van der Waals surface area contributed by atoms with Crippen molar-refractivity contribution in [3.63, 3.8) is 0 Å². The van der Waals surface area contributed by atoms with Gasteiger partial charge in [0.1, 0.15) is 6.04 Å². The van der Waals surface area contributed by atoms with Crippen LogP contribution in [0.25, 0.3) is 0 Å². The van der Waals surface area contributed by atoms with Crippen molar-refractivity contribution in [2.75, 3.05) is 13.1 Å². The Morgan fingerprint density at radius 2 is 1.88 bits per heavy atom. The maximum Gasteiger partial charge on any atom is 0.417 e. The molecule has 0 spiro atoms. The van der Waals surface area contributed by atoms with Crippen molar-refractivity contribution in [3.05, 3.63) is 63.7 Å². The van der Waals surface area contributed by atoms with E-state index in [4.69, 9.17) is 11.6 Å². The van der Waals surface area contributed by atoms with Crippen LogP contribution in [0, 0.1) is 0 Å². The summed E-state index contributed by atoms with van der Waals surface area (Å²) in [5.41, 5.74) is 1.89. The van der Waals surface area contributed by atoms with E-state index in [0.29, 0.717) is 19.0 Å². The van der Waals surface area contributed by atoms with Crippen LogP contribution in [-0.4, -0.2) is 49.2 Å². The minimum Gasteiger partial charge on any atom is -0.353 e. The van der Waals surface area contributed by atoms with Gasteiger partial charge in [-0.2, -0.15) is 17.5 Å². The number of piperazine rings is 1. The second-order valence-corrected chi connectivity index (χ2v) is 13.7. The Kier molecular flexibility index (Phi) is 9.08. The zero-order chi connectivity index (χ0) is 30.2. The number of hydrogen-bond donors (Lipinski definition) is 3. The van der Waals surface area contributed by atoms with Crippen molar-refractivity contribution in [1.29, 1.82) is 0 Å². The molecule has 1 saturated heterocycles. The smallest absolute Gasteiger partial charge is 0.353 e.